The summed E-state index contributed by atoms with van der Waals surface area (Å²) >= 11 is 0. The van der Waals surface area contributed by atoms with Gasteiger partial charge in [0.25, 0.3) is 0 Å². The van der Waals surface area contributed by atoms with Gasteiger partial charge in [0.15, 0.2) is 0 Å². The Morgan fingerprint density at radius 1 is 1.47 bits per heavy atom. The molecule has 1 saturated carbocycles. The summed E-state index contributed by atoms with van der Waals surface area (Å²) < 4.78 is 38.9. The normalized spacial score (nSPS) is 26.5. The highest BCUT2D eigenvalue weighted by atomic mass is 19.4. The summed E-state index contributed by atoms with van der Waals surface area (Å²) in [5.74, 6) is 0. The van der Waals surface area contributed by atoms with E-state index in [2.05, 4.69) is 5.10 Å². The summed E-state index contributed by atoms with van der Waals surface area (Å²) in [5, 5.41) is 12.8. The van der Waals surface area contributed by atoms with Gasteiger partial charge in [-0.1, -0.05) is 0 Å². The highest BCUT2D eigenvalue weighted by molar-refractivity contribution is 5.20. The fourth-order valence-electron chi connectivity index (χ4n) is 1.84. The first-order valence-corrected chi connectivity index (χ1v) is 4.69. The van der Waals surface area contributed by atoms with E-state index in [0.29, 0.717) is 12.8 Å². The third kappa shape index (κ3) is 1.73. The first-order valence-electron chi connectivity index (χ1n) is 4.69. The number of nitrogens with zero attached hydrogens (tertiary/aromatic N) is 2. The second-order valence-corrected chi connectivity index (χ2v) is 3.90. The second-order valence-electron chi connectivity index (χ2n) is 3.90. The van der Waals surface area contributed by atoms with Crippen LogP contribution < -0.4 is 0 Å². The monoisotopic (exact) mass is 220 g/mol. The van der Waals surface area contributed by atoms with Crippen molar-refractivity contribution in [3.05, 3.63) is 17.5 Å². The van der Waals surface area contributed by atoms with E-state index in [9.17, 15) is 13.2 Å². The van der Waals surface area contributed by atoms with Crippen LogP contribution in [0.3, 0.4) is 0 Å². The summed E-state index contributed by atoms with van der Waals surface area (Å²) in [7, 11) is 0. The van der Waals surface area contributed by atoms with Crippen LogP contribution in [0.25, 0.3) is 0 Å². The van der Waals surface area contributed by atoms with Gasteiger partial charge in [-0.05, 0) is 25.3 Å². The van der Waals surface area contributed by atoms with Crippen molar-refractivity contribution in [2.45, 2.75) is 38.1 Å². The molecule has 0 radical (unpaired) electrons. The van der Waals surface area contributed by atoms with Crippen LogP contribution in [-0.2, 0) is 6.18 Å². The van der Waals surface area contributed by atoms with Gasteiger partial charge in [-0.25, -0.2) is 0 Å². The van der Waals surface area contributed by atoms with Gasteiger partial charge < -0.3 is 5.11 Å². The molecule has 2 rings (SSSR count). The molecule has 0 aliphatic heterocycles. The molecule has 1 aliphatic carbocycles. The van der Waals surface area contributed by atoms with Crippen LogP contribution in [0.5, 0.6) is 0 Å². The number of rotatable bonds is 1. The average molecular weight is 220 g/mol. The van der Waals surface area contributed by atoms with Crippen molar-refractivity contribution >= 4 is 0 Å². The zero-order valence-electron chi connectivity index (χ0n) is 8.12. The summed E-state index contributed by atoms with van der Waals surface area (Å²) in [5.41, 5.74) is -0.566. The van der Waals surface area contributed by atoms with Crippen LogP contribution in [-0.4, -0.2) is 21.0 Å². The summed E-state index contributed by atoms with van der Waals surface area (Å²) in [6.45, 7) is 1.39. The SMILES string of the molecule is Cc1cnn(C2CC(O)C2)c1C(F)(F)F. The van der Waals surface area contributed by atoms with Gasteiger partial charge in [0.1, 0.15) is 5.69 Å². The minimum Gasteiger partial charge on any atom is -0.393 e. The largest absolute Gasteiger partial charge is 0.433 e. The summed E-state index contributed by atoms with van der Waals surface area (Å²) in [6.07, 6.45) is -2.94. The number of aromatic nitrogens is 2. The molecular formula is C9H11F3N2O. The number of aliphatic hydroxyl groups excluding tert-OH is 1. The predicted octanol–water partition coefficient (Wildman–Crippen LogP) is 1.91. The Labute approximate surface area is 84.5 Å². The van der Waals surface area contributed by atoms with Crippen molar-refractivity contribution in [3.63, 3.8) is 0 Å². The molecule has 84 valence electrons. The topological polar surface area (TPSA) is 38.0 Å². The van der Waals surface area contributed by atoms with Crippen molar-refractivity contribution in [3.8, 4) is 0 Å². The second kappa shape index (κ2) is 3.23. The number of aryl methyl sites for hydroxylation is 1. The molecule has 0 atom stereocenters. The Kier molecular flexibility index (Phi) is 2.26. The number of hydrogen-bond acceptors (Lipinski definition) is 2. The zero-order valence-corrected chi connectivity index (χ0v) is 8.12. The van der Waals surface area contributed by atoms with Gasteiger partial charge in [0.05, 0.1) is 18.3 Å². The van der Waals surface area contributed by atoms with Crippen molar-refractivity contribution in [1.82, 2.24) is 9.78 Å². The van der Waals surface area contributed by atoms with Crippen LogP contribution in [0, 0.1) is 6.92 Å². The lowest BCUT2D eigenvalue weighted by Gasteiger charge is -2.33. The van der Waals surface area contributed by atoms with Gasteiger partial charge in [-0.3, -0.25) is 4.68 Å². The maximum absolute atomic E-state index is 12.6. The smallest absolute Gasteiger partial charge is 0.393 e. The molecule has 0 aromatic carbocycles. The van der Waals surface area contributed by atoms with Crippen molar-refractivity contribution in [2.24, 2.45) is 0 Å². The molecule has 1 aromatic heterocycles. The Morgan fingerprint density at radius 2 is 2.07 bits per heavy atom. The molecule has 0 bridgehead atoms. The Hall–Kier alpha value is -1.04. The highest BCUT2D eigenvalue weighted by Crippen LogP contribution is 2.38. The molecule has 3 nitrogen and oxygen atoms in total. The number of alkyl halides is 3. The third-order valence-corrected chi connectivity index (χ3v) is 2.68. The minimum absolute atomic E-state index is 0.129. The van der Waals surface area contributed by atoms with Crippen molar-refractivity contribution < 1.29 is 18.3 Å². The standard InChI is InChI=1S/C9H11F3N2O/c1-5-4-13-14(6-2-7(15)3-6)8(5)9(10,11)12/h4,6-7,15H,2-3H2,1H3. The molecule has 0 unspecified atom stereocenters. The maximum atomic E-state index is 12.6. The Balaban J connectivity index is 2.32. The maximum Gasteiger partial charge on any atom is 0.433 e. The fourth-order valence-corrected chi connectivity index (χ4v) is 1.84. The minimum atomic E-state index is -4.37. The van der Waals surface area contributed by atoms with Crippen molar-refractivity contribution in [1.29, 1.82) is 0 Å². The molecule has 0 saturated heterocycles. The van der Waals surface area contributed by atoms with E-state index in [4.69, 9.17) is 5.11 Å². The van der Waals surface area contributed by atoms with Crippen LogP contribution in [0.2, 0.25) is 0 Å². The summed E-state index contributed by atoms with van der Waals surface area (Å²) in [4.78, 5) is 0. The van der Waals surface area contributed by atoms with Gasteiger partial charge in [0, 0.05) is 0 Å². The van der Waals surface area contributed by atoms with E-state index in [0.717, 1.165) is 4.68 Å². The molecule has 1 aliphatic rings. The number of halogens is 3. The molecular weight excluding hydrogens is 209 g/mol. The lowest BCUT2D eigenvalue weighted by Crippen LogP contribution is -2.33. The molecule has 1 aromatic rings. The lowest BCUT2D eigenvalue weighted by molar-refractivity contribution is -0.147. The molecule has 0 amide bonds. The molecule has 15 heavy (non-hydrogen) atoms. The van der Waals surface area contributed by atoms with E-state index < -0.39 is 18.0 Å². The van der Waals surface area contributed by atoms with Crippen molar-refractivity contribution in [2.75, 3.05) is 0 Å². The molecule has 1 fully saturated rings. The van der Waals surface area contributed by atoms with E-state index in [1.807, 2.05) is 0 Å². The lowest BCUT2D eigenvalue weighted by atomic mass is 9.89. The number of hydrogen-bond donors (Lipinski definition) is 1. The van der Waals surface area contributed by atoms with Crippen LogP contribution in [0.15, 0.2) is 6.20 Å². The highest BCUT2D eigenvalue weighted by Gasteiger charge is 2.41. The van der Waals surface area contributed by atoms with E-state index in [-0.39, 0.29) is 11.6 Å². The van der Waals surface area contributed by atoms with E-state index in [1.54, 1.807) is 0 Å². The van der Waals surface area contributed by atoms with Crippen LogP contribution in [0.4, 0.5) is 13.2 Å². The first kappa shape index (κ1) is 10.5. The average Bonchev–Trinajstić information content (AvgIpc) is 2.40. The third-order valence-electron chi connectivity index (χ3n) is 2.68. The molecule has 6 heteroatoms. The van der Waals surface area contributed by atoms with Crippen LogP contribution in [0.1, 0.15) is 30.1 Å². The van der Waals surface area contributed by atoms with E-state index >= 15 is 0 Å². The Bertz CT molecular complexity index is 366. The fraction of sp³-hybridized carbons (Fsp3) is 0.667. The molecule has 1 N–H and O–H groups in total. The van der Waals surface area contributed by atoms with Gasteiger partial charge in [-0.15, -0.1) is 0 Å². The van der Waals surface area contributed by atoms with Gasteiger partial charge >= 0.3 is 6.18 Å². The Morgan fingerprint density at radius 3 is 2.53 bits per heavy atom. The molecule has 1 heterocycles. The van der Waals surface area contributed by atoms with Gasteiger partial charge in [0.2, 0.25) is 0 Å². The quantitative estimate of drug-likeness (QED) is 0.785. The summed E-state index contributed by atoms with van der Waals surface area (Å²) in [6, 6.07) is -0.315. The van der Waals surface area contributed by atoms with Crippen LogP contribution >= 0.6 is 0 Å². The first-order chi connectivity index (χ1) is 6.89. The van der Waals surface area contributed by atoms with Gasteiger partial charge in [-0.2, -0.15) is 18.3 Å². The number of aliphatic hydroxyl groups is 1. The zero-order chi connectivity index (χ0) is 11.2. The molecule has 0 spiro atoms. The predicted molar refractivity (Wildman–Crippen MR) is 46.2 cm³/mol. The van der Waals surface area contributed by atoms with E-state index in [1.165, 1.54) is 13.1 Å².